The molecule has 0 aliphatic heterocycles. The Morgan fingerprint density at radius 2 is 1.47 bits per heavy atom. The first-order valence-corrected chi connectivity index (χ1v) is 11.7. The monoisotopic (exact) mass is 448 g/mol. The SMILES string of the molecule is COc1cccc(OCCCn2c(Cc3ccc(-c4ccccc4)cc3)nc3ccccc32)c1. The highest BCUT2D eigenvalue weighted by molar-refractivity contribution is 5.76. The van der Waals surface area contributed by atoms with Gasteiger partial charge in [-0.25, -0.2) is 4.98 Å². The molecule has 4 nitrogen and oxygen atoms in total. The Balaban J connectivity index is 1.30. The molecular weight excluding hydrogens is 420 g/mol. The number of hydrogen-bond donors (Lipinski definition) is 0. The highest BCUT2D eigenvalue weighted by Crippen LogP contribution is 2.23. The van der Waals surface area contributed by atoms with E-state index >= 15 is 0 Å². The summed E-state index contributed by atoms with van der Waals surface area (Å²) in [5, 5.41) is 0. The quantitative estimate of drug-likeness (QED) is 0.233. The number of rotatable bonds is 9. The molecule has 1 heterocycles. The van der Waals surface area contributed by atoms with E-state index in [1.165, 1.54) is 22.2 Å². The van der Waals surface area contributed by atoms with Crippen LogP contribution in [0, 0.1) is 0 Å². The van der Waals surface area contributed by atoms with Gasteiger partial charge in [0.25, 0.3) is 0 Å². The van der Waals surface area contributed by atoms with Crippen molar-refractivity contribution in [3.05, 3.63) is 115 Å². The second-order valence-corrected chi connectivity index (χ2v) is 8.29. The van der Waals surface area contributed by atoms with Crippen molar-refractivity contribution in [3.8, 4) is 22.6 Å². The van der Waals surface area contributed by atoms with Gasteiger partial charge in [-0.15, -0.1) is 0 Å². The normalized spacial score (nSPS) is 11.0. The van der Waals surface area contributed by atoms with Crippen LogP contribution in [0.25, 0.3) is 22.2 Å². The number of para-hydroxylation sites is 2. The molecule has 0 aliphatic carbocycles. The van der Waals surface area contributed by atoms with Gasteiger partial charge in [0.1, 0.15) is 17.3 Å². The van der Waals surface area contributed by atoms with E-state index in [9.17, 15) is 0 Å². The molecule has 4 heteroatoms. The van der Waals surface area contributed by atoms with Crippen molar-refractivity contribution in [3.63, 3.8) is 0 Å². The van der Waals surface area contributed by atoms with Crippen molar-refractivity contribution < 1.29 is 9.47 Å². The first-order chi connectivity index (χ1) is 16.8. The molecule has 0 fully saturated rings. The van der Waals surface area contributed by atoms with E-state index in [1.807, 2.05) is 36.4 Å². The third kappa shape index (κ3) is 4.96. The molecule has 170 valence electrons. The third-order valence-corrected chi connectivity index (χ3v) is 5.99. The van der Waals surface area contributed by atoms with Gasteiger partial charge in [-0.2, -0.15) is 0 Å². The summed E-state index contributed by atoms with van der Waals surface area (Å²) < 4.78 is 13.6. The summed E-state index contributed by atoms with van der Waals surface area (Å²) in [5.74, 6) is 2.71. The van der Waals surface area contributed by atoms with Crippen molar-refractivity contribution >= 4 is 11.0 Å². The number of ether oxygens (including phenoxy) is 2. The second kappa shape index (κ2) is 10.3. The Bertz CT molecular complexity index is 1360. The van der Waals surface area contributed by atoms with E-state index in [4.69, 9.17) is 14.5 Å². The number of aromatic nitrogens is 2. The summed E-state index contributed by atoms with van der Waals surface area (Å²) in [6.45, 7) is 1.48. The maximum absolute atomic E-state index is 5.96. The highest BCUT2D eigenvalue weighted by atomic mass is 16.5. The van der Waals surface area contributed by atoms with Crippen molar-refractivity contribution in [2.75, 3.05) is 13.7 Å². The topological polar surface area (TPSA) is 36.3 Å². The van der Waals surface area contributed by atoms with Crippen LogP contribution < -0.4 is 9.47 Å². The molecule has 5 aromatic rings. The van der Waals surface area contributed by atoms with Crippen LogP contribution in [0.4, 0.5) is 0 Å². The summed E-state index contributed by atoms with van der Waals surface area (Å²) in [4.78, 5) is 4.95. The summed E-state index contributed by atoms with van der Waals surface area (Å²) >= 11 is 0. The predicted molar refractivity (Wildman–Crippen MR) is 138 cm³/mol. The largest absolute Gasteiger partial charge is 0.497 e. The zero-order valence-electron chi connectivity index (χ0n) is 19.4. The minimum atomic E-state index is 0.630. The smallest absolute Gasteiger partial charge is 0.122 e. The number of hydrogen-bond acceptors (Lipinski definition) is 3. The average molecular weight is 449 g/mol. The maximum Gasteiger partial charge on any atom is 0.122 e. The standard InChI is InChI=1S/C30H28N2O2/c1-33-26-11-7-12-27(22-26)34-20-8-19-32-29-14-6-5-13-28(29)31-30(32)21-23-15-17-25(18-16-23)24-9-3-2-4-10-24/h2-7,9-18,22H,8,19-21H2,1H3. The molecule has 4 aromatic carbocycles. The number of aryl methyl sites for hydroxylation is 1. The van der Waals surface area contributed by atoms with Gasteiger partial charge in [-0.1, -0.05) is 72.8 Å². The van der Waals surface area contributed by atoms with Crippen LogP contribution in [0.15, 0.2) is 103 Å². The lowest BCUT2D eigenvalue weighted by Gasteiger charge is -2.11. The van der Waals surface area contributed by atoms with Crippen LogP contribution >= 0.6 is 0 Å². The summed E-state index contributed by atoms with van der Waals surface area (Å²) in [6, 6.07) is 35.4. The van der Waals surface area contributed by atoms with Gasteiger partial charge < -0.3 is 14.0 Å². The van der Waals surface area contributed by atoms with Crippen LogP contribution in [0.3, 0.4) is 0 Å². The van der Waals surface area contributed by atoms with Gasteiger partial charge in [0.15, 0.2) is 0 Å². The molecule has 0 aliphatic rings. The van der Waals surface area contributed by atoms with E-state index in [0.717, 1.165) is 42.2 Å². The molecule has 0 N–H and O–H groups in total. The lowest BCUT2D eigenvalue weighted by atomic mass is 10.0. The molecule has 0 unspecified atom stereocenters. The fourth-order valence-electron chi connectivity index (χ4n) is 4.24. The van der Waals surface area contributed by atoms with E-state index in [2.05, 4.69) is 71.3 Å². The van der Waals surface area contributed by atoms with Crippen molar-refractivity contribution in [2.45, 2.75) is 19.4 Å². The summed E-state index contributed by atoms with van der Waals surface area (Å²) in [7, 11) is 1.67. The molecule has 0 saturated heterocycles. The molecule has 0 saturated carbocycles. The first kappa shape index (κ1) is 21.8. The van der Waals surface area contributed by atoms with E-state index < -0.39 is 0 Å². The third-order valence-electron chi connectivity index (χ3n) is 5.99. The molecule has 0 spiro atoms. The molecule has 1 aromatic heterocycles. The highest BCUT2D eigenvalue weighted by Gasteiger charge is 2.11. The zero-order valence-corrected chi connectivity index (χ0v) is 19.4. The van der Waals surface area contributed by atoms with Crippen LogP contribution in [0.1, 0.15) is 17.8 Å². The summed E-state index contributed by atoms with van der Waals surface area (Å²) in [5.41, 5.74) is 5.92. The first-order valence-electron chi connectivity index (χ1n) is 11.7. The number of benzene rings is 4. The number of imidazole rings is 1. The van der Waals surface area contributed by atoms with Crippen LogP contribution in [-0.4, -0.2) is 23.3 Å². The molecular formula is C30H28N2O2. The van der Waals surface area contributed by atoms with Gasteiger partial charge in [0.2, 0.25) is 0 Å². The minimum Gasteiger partial charge on any atom is -0.497 e. The fraction of sp³-hybridized carbons (Fsp3) is 0.167. The molecule has 0 amide bonds. The van der Waals surface area contributed by atoms with Crippen LogP contribution in [0.5, 0.6) is 11.5 Å². The molecule has 34 heavy (non-hydrogen) atoms. The Labute approximate surface area is 200 Å². The van der Waals surface area contributed by atoms with Gasteiger partial charge in [-0.05, 0) is 47.4 Å². The molecule has 0 bridgehead atoms. The predicted octanol–water partition coefficient (Wildman–Crippen LogP) is 6.77. The number of fused-ring (bicyclic) bond motifs is 1. The Kier molecular flexibility index (Phi) is 6.57. The van der Waals surface area contributed by atoms with Gasteiger partial charge in [-0.3, -0.25) is 0 Å². The Morgan fingerprint density at radius 1 is 0.735 bits per heavy atom. The lowest BCUT2D eigenvalue weighted by molar-refractivity contribution is 0.299. The van der Waals surface area contributed by atoms with Gasteiger partial charge >= 0.3 is 0 Å². The van der Waals surface area contributed by atoms with E-state index in [0.29, 0.717) is 6.61 Å². The number of nitrogens with zero attached hydrogens (tertiary/aromatic N) is 2. The van der Waals surface area contributed by atoms with E-state index in [-0.39, 0.29) is 0 Å². The van der Waals surface area contributed by atoms with Crippen LogP contribution in [-0.2, 0) is 13.0 Å². The fourth-order valence-corrected chi connectivity index (χ4v) is 4.24. The van der Waals surface area contributed by atoms with Gasteiger partial charge in [0.05, 0.1) is 24.8 Å². The summed E-state index contributed by atoms with van der Waals surface area (Å²) in [6.07, 6.45) is 1.68. The van der Waals surface area contributed by atoms with E-state index in [1.54, 1.807) is 7.11 Å². The lowest BCUT2D eigenvalue weighted by Crippen LogP contribution is -2.08. The Morgan fingerprint density at radius 3 is 2.29 bits per heavy atom. The van der Waals surface area contributed by atoms with Crippen molar-refractivity contribution in [2.24, 2.45) is 0 Å². The van der Waals surface area contributed by atoms with Crippen molar-refractivity contribution in [1.29, 1.82) is 0 Å². The zero-order chi connectivity index (χ0) is 23.2. The molecule has 0 atom stereocenters. The Hall–Kier alpha value is -4.05. The minimum absolute atomic E-state index is 0.630. The van der Waals surface area contributed by atoms with Crippen molar-refractivity contribution in [1.82, 2.24) is 9.55 Å². The van der Waals surface area contributed by atoms with Gasteiger partial charge in [0, 0.05) is 19.0 Å². The van der Waals surface area contributed by atoms with Crippen LogP contribution in [0.2, 0.25) is 0 Å². The molecule has 5 rings (SSSR count). The average Bonchev–Trinajstić information content (AvgIpc) is 3.24. The second-order valence-electron chi connectivity index (χ2n) is 8.29. The maximum atomic E-state index is 5.96. The number of methoxy groups -OCH3 is 1. The molecule has 0 radical (unpaired) electrons.